The molecule has 0 saturated carbocycles. The minimum Gasteiger partial charge on any atom is -0.457 e. The van der Waals surface area contributed by atoms with Crippen LogP contribution in [-0.2, 0) is 12.7 Å². The van der Waals surface area contributed by atoms with Crippen LogP contribution in [0.1, 0.15) is 11.1 Å². The van der Waals surface area contributed by atoms with Crippen molar-refractivity contribution in [1.82, 2.24) is 10.3 Å². The topological polar surface area (TPSA) is 63.2 Å². The first-order valence-electron chi connectivity index (χ1n) is 8.29. The highest BCUT2D eigenvalue weighted by atomic mass is 19.4. The summed E-state index contributed by atoms with van der Waals surface area (Å²) in [7, 11) is 0. The number of benzene rings is 2. The summed E-state index contributed by atoms with van der Waals surface area (Å²) in [6, 6.07) is 14.4. The second-order valence-corrected chi connectivity index (χ2v) is 5.82. The van der Waals surface area contributed by atoms with Crippen LogP contribution in [0, 0.1) is 0 Å². The van der Waals surface area contributed by atoms with Crippen molar-refractivity contribution in [3.8, 4) is 11.5 Å². The van der Waals surface area contributed by atoms with Gasteiger partial charge in [-0.2, -0.15) is 13.2 Å². The van der Waals surface area contributed by atoms with E-state index in [1.165, 1.54) is 12.1 Å². The van der Waals surface area contributed by atoms with Gasteiger partial charge in [-0.15, -0.1) is 0 Å². The molecule has 0 bridgehead atoms. The van der Waals surface area contributed by atoms with Crippen LogP contribution in [0.25, 0.3) is 0 Å². The van der Waals surface area contributed by atoms with Crippen molar-refractivity contribution in [2.75, 3.05) is 5.32 Å². The van der Waals surface area contributed by atoms with E-state index in [-0.39, 0.29) is 12.2 Å². The lowest BCUT2D eigenvalue weighted by Crippen LogP contribution is -2.28. The molecule has 0 aliphatic heterocycles. The molecule has 28 heavy (non-hydrogen) atoms. The van der Waals surface area contributed by atoms with E-state index in [0.29, 0.717) is 11.5 Å². The van der Waals surface area contributed by atoms with Crippen LogP contribution in [0.15, 0.2) is 73.1 Å². The SMILES string of the molecule is O=C(NCc1ccc(Oc2ccncc2)cc1)Nc1cccc(C(F)(F)F)c1. The molecule has 0 fully saturated rings. The molecule has 3 rings (SSSR count). The summed E-state index contributed by atoms with van der Waals surface area (Å²) in [5.41, 5.74) is 0.0461. The van der Waals surface area contributed by atoms with Gasteiger partial charge in [-0.1, -0.05) is 18.2 Å². The number of pyridine rings is 1. The molecule has 0 aliphatic rings. The van der Waals surface area contributed by atoms with E-state index < -0.39 is 17.8 Å². The van der Waals surface area contributed by atoms with Crippen LogP contribution in [-0.4, -0.2) is 11.0 Å². The van der Waals surface area contributed by atoms with Crippen molar-refractivity contribution in [3.63, 3.8) is 0 Å². The molecule has 0 atom stereocenters. The predicted octanol–water partition coefficient (Wildman–Crippen LogP) is 5.21. The van der Waals surface area contributed by atoms with Gasteiger partial charge in [-0.05, 0) is 48.0 Å². The van der Waals surface area contributed by atoms with Gasteiger partial charge in [0.2, 0.25) is 0 Å². The van der Waals surface area contributed by atoms with E-state index in [1.54, 1.807) is 48.8 Å². The van der Waals surface area contributed by atoms with Gasteiger partial charge in [0, 0.05) is 24.6 Å². The molecular formula is C20H16F3N3O2. The summed E-state index contributed by atoms with van der Waals surface area (Å²) in [6.07, 6.45) is -1.22. The molecule has 2 amide bonds. The van der Waals surface area contributed by atoms with E-state index in [4.69, 9.17) is 4.74 Å². The van der Waals surface area contributed by atoms with Crippen molar-refractivity contribution >= 4 is 11.7 Å². The Morgan fingerprint density at radius 2 is 1.64 bits per heavy atom. The summed E-state index contributed by atoms with van der Waals surface area (Å²) in [6.45, 7) is 0.209. The van der Waals surface area contributed by atoms with Gasteiger partial charge in [0.25, 0.3) is 0 Å². The Morgan fingerprint density at radius 3 is 2.32 bits per heavy atom. The number of anilines is 1. The molecule has 0 radical (unpaired) electrons. The lowest BCUT2D eigenvalue weighted by atomic mass is 10.2. The van der Waals surface area contributed by atoms with Crippen LogP contribution in [0.3, 0.4) is 0 Å². The van der Waals surface area contributed by atoms with Crippen molar-refractivity contribution < 1.29 is 22.7 Å². The number of halogens is 3. The Labute approximate surface area is 159 Å². The molecule has 8 heteroatoms. The molecule has 3 aromatic rings. The first-order valence-corrected chi connectivity index (χ1v) is 8.29. The zero-order valence-corrected chi connectivity index (χ0v) is 14.5. The fourth-order valence-electron chi connectivity index (χ4n) is 2.35. The maximum atomic E-state index is 12.7. The molecule has 2 aromatic carbocycles. The molecule has 0 saturated heterocycles. The lowest BCUT2D eigenvalue weighted by Gasteiger charge is -2.11. The normalized spacial score (nSPS) is 11.0. The smallest absolute Gasteiger partial charge is 0.416 e. The molecule has 1 aromatic heterocycles. The number of amides is 2. The highest BCUT2D eigenvalue weighted by Gasteiger charge is 2.30. The van der Waals surface area contributed by atoms with Gasteiger partial charge in [-0.3, -0.25) is 4.98 Å². The number of nitrogens with zero attached hydrogens (tertiary/aromatic N) is 1. The van der Waals surface area contributed by atoms with E-state index in [9.17, 15) is 18.0 Å². The quantitative estimate of drug-likeness (QED) is 0.631. The Bertz CT molecular complexity index is 929. The third kappa shape index (κ3) is 5.47. The number of alkyl halides is 3. The fraction of sp³-hybridized carbons (Fsp3) is 0.100. The van der Waals surface area contributed by atoms with Crippen LogP contribution < -0.4 is 15.4 Å². The number of carbonyl (C=O) groups excluding carboxylic acids is 1. The first-order chi connectivity index (χ1) is 13.4. The van der Waals surface area contributed by atoms with Gasteiger partial charge >= 0.3 is 12.2 Å². The summed E-state index contributed by atoms with van der Waals surface area (Å²) < 4.78 is 43.8. The number of nitrogens with one attached hydrogen (secondary N) is 2. The highest BCUT2D eigenvalue weighted by molar-refractivity contribution is 5.89. The second-order valence-electron chi connectivity index (χ2n) is 5.82. The Kier molecular flexibility index (Phi) is 5.78. The van der Waals surface area contributed by atoms with Gasteiger partial charge in [0.15, 0.2) is 0 Å². The minimum atomic E-state index is -4.46. The Balaban J connectivity index is 1.52. The van der Waals surface area contributed by atoms with Gasteiger partial charge < -0.3 is 15.4 Å². The van der Waals surface area contributed by atoms with Gasteiger partial charge in [0.05, 0.1) is 5.56 Å². The molecule has 2 N–H and O–H groups in total. The number of ether oxygens (including phenoxy) is 1. The highest BCUT2D eigenvalue weighted by Crippen LogP contribution is 2.30. The number of hydrogen-bond acceptors (Lipinski definition) is 3. The summed E-state index contributed by atoms with van der Waals surface area (Å²) in [5.74, 6) is 1.28. The molecule has 0 unspecified atom stereocenters. The lowest BCUT2D eigenvalue weighted by molar-refractivity contribution is -0.137. The van der Waals surface area contributed by atoms with Gasteiger partial charge in [-0.25, -0.2) is 4.79 Å². The van der Waals surface area contributed by atoms with Crippen LogP contribution in [0.4, 0.5) is 23.7 Å². The van der Waals surface area contributed by atoms with Gasteiger partial charge in [0.1, 0.15) is 11.5 Å². The zero-order valence-electron chi connectivity index (χ0n) is 14.5. The molecule has 0 aliphatic carbocycles. The zero-order chi connectivity index (χ0) is 20.0. The van der Waals surface area contributed by atoms with Crippen molar-refractivity contribution in [2.45, 2.75) is 12.7 Å². The van der Waals surface area contributed by atoms with Crippen molar-refractivity contribution in [2.24, 2.45) is 0 Å². The van der Waals surface area contributed by atoms with Crippen molar-refractivity contribution in [1.29, 1.82) is 0 Å². The van der Waals surface area contributed by atoms with Crippen LogP contribution in [0.5, 0.6) is 11.5 Å². The number of carbonyl (C=O) groups is 1. The van der Waals surface area contributed by atoms with Crippen LogP contribution >= 0.6 is 0 Å². The maximum absolute atomic E-state index is 12.7. The number of hydrogen-bond donors (Lipinski definition) is 2. The Morgan fingerprint density at radius 1 is 0.964 bits per heavy atom. The first kappa shape index (κ1) is 19.2. The van der Waals surface area contributed by atoms with E-state index in [1.807, 2.05) is 0 Å². The largest absolute Gasteiger partial charge is 0.457 e. The summed E-state index contributed by atoms with van der Waals surface area (Å²) in [4.78, 5) is 15.8. The number of urea groups is 1. The monoisotopic (exact) mass is 387 g/mol. The molecule has 0 spiro atoms. The maximum Gasteiger partial charge on any atom is 0.416 e. The third-order valence-corrected chi connectivity index (χ3v) is 3.71. The summed E-state index contributed by atoms with van der Waals surface area (Å²) in [5, 5.41) is 4.98. The van der Waals surface area contributed by atoms with E-state index in [2.05, 4.69) is 15.6 Å². The standard InChI is InChI=1S/C20H16F3N3O2/c21-20(22,23)15-2-1-3-16(12-15)26-19(27)25-13-14-4-6-17(7-5-14)28-18-8-10-24-11-9-18/h1-12H,13H2,(H2,25,26,27). The molecule has 144 valence electrons. The fourth-order valence-corrected chi connectivity index (χ4v) is 2.35. The molecular weight excluding hydrogens is 371 g/mol. The third-order valence-electron chi connectivity index (χ3n) is 3.71. The minimum absolute atomic E-state index is 0.0634. The van der Waals surface area contributed by atoms with Crippen LogP contribution in [0.2, 0.25) is 0 Å². The molecule has 1 heterocycles. The van der Waals surface area contributed by atoms with Crippen molar-refractivity contribution in [3.05, 3.63) is 84.2 Å². The molecule has 5 nitrogen and oxygen atoms in total. The summed E-state index contributed by atoms with van der Waals surface area (Å²) >= 11 is 0. The van der Waals surface area contributed by atoms with E-state index >= 15 is 0 Å². The number of aromatic nitrogens is 1. The van der Waals surface area contributed by atoms with E-state index in [0.717, 1.165) is 17.7 Å². The Hall–Kier alpha value is -3.55. The average molecular weight is 387 g/mol. The predicted molar refractivity (Wildman–Crippen MR) is 98.1 cm³/mol. The number of rotatable bonds is 5. The second kappa shape index (κ2) is 8.43. The average Bonchev–Trinajstić information content (AvgIpc) is 2.68.